The predicted octanol–water partition coefficient (Wildman–Crippen LogP) is 14.4. The van der Waals surface area contributed by atoms with Crippen molar-refractivity contribution in [3.05, 3.63) is 24.3 Å². The van der Waals surface area contributed by atoms with Gasteiger partial charge in [-0.1, -0.05) is 199 Å². The third-order valence-electron chi connectivity index (χ3n) is 11.6. The third kappa shape index (κ3) is 41.2. The van der Waals surface area contributed by atoms with Crippen LogP contribution in [0.15, 0.2) is 24.3 Å². The van der Waals surface area contributed by atoms with Crippen LogP contribution >= 0.6 is 0 Å². The summed E-state index contributed by atoms with van der Waals surface area (Å²) in [7, 11) is 5.54. The molecule has 0 aliphatic carbocycles. The number of ether oxygens (including phenoxy) is 3. The van der Waals surface area contributed by atoms with Gasteiger partial charge >= 0.3 is 17.9 Å². The maximum absolute atomic E-state index is 12.8. The number of nitrogens with zero attached hydrogens (tertiary/aromatic N) is 1. The summed E-state index contributed by atoms with van der Waals surface area (Å²) >= 11 is 0. The van der Waals surface area contributed by atoms with Gasteiger partial charge in [0, 0.05) is 19.3 Å². The second kappa shape index (κ2) is 43.5. The maximum atomic E-state index is 12.8. The van der Waals surface area contributed by atoms with E-state index in [1.165, 1.54) is 161 Å². The zero-order valence-electron chi connectivity index (χ0n) is 40.2. The number of likely N-dealkylation sites (N-methyl/N-ethyl adjacent to an activating group) is 1. The minimum atomic E-state index is -0.872. The summed E-state index contributed by atoms with van der Waals surface area (Å²) in [6.07, 6.45) is 49.3. The Kier molecular flexibility index (Phi) is 41.9. The molecule has 0 saturated carbocycles. The van der Waals surface area contributed by atoms with E-state index in [1.54, 1.807) is 0 Å². The number of allylic oxidation sites excluding steroid dienone is 4. The molecule has 0 saturated heterocycles. The zero-order chi connectivity index (χ0) is 44.2. The average Bonchev–Trinajstić information content (AvgIpc) is 3.21. The molecule has 0 heterocycles. The van der Waals surface area contributed by atoms with Crippen molar-refractivity contribution in [2.24, 2.45) is 0 Å². The molecule has 2 unspecified atom stereocenters. The molecule has 0 rings (SSSR count). The van der Waals surface area contributed by atoms with Crippen LogP contribution in [0, 0.1) is 0 Å². The van der Waals surface area contributed by atoms with Gasteiger partial charge in [-0.05, 0) is 44.9 Å². The second-order valence-corrected chi connectivity index (χ2v) is 18.4. The van der Waals surface area contributed by atoms with E-state index >= 15 is 0 Å². The molecule has 0 bridgehead atoms. The standard InChI is InChI=1S/C52H97NO7/c1-6-8-10-12-14-16-18-20-22-24-25-27-29-31-33-35-37-39-41-43-51(55)60-48(46-58-45-44-49(52(56)57)53(3,4)5)47-59-50(54)42-40-38-36-34-32-30-28-26-23-21-19-17-15-13-11-9-7-2/h14,16,20,22,48-49H,6-13,15,17-19,21,23-47H2,1-5H3/p+1/b16-14-,22-20-. The van der Waals surface area contributed by atoms with E-state index in [-0.39, 0.29) is 36.2 Å². The van der Waals surface area contributed by atoms with Gasteiger partial charge in [-0.3, -0.25) is 9.59 Å². The van der Waals surface area contributed by atoms with Crippen LogP contribution in [0.4, 0.5) is 0 Å². The first-order valence-electron chi connectivity index (χ1n) is 25.4. The fraction of sp³-hybridized carbons (Fsp3) is 0.865. The van der Waals surface area contributed by atoms with Gasteiger partial charge in [-0.2, -0.15) is 0 Å². The molecular formula is C52H98NO7+. The molecule has 0 aromatic heterocycles. The van der Waals surface area contributed by atoms with Crippen molar-refractivity contribution < 1.29 is 38.2 Å². The summed E-state index contributed by atoms with van der Waals surface area (Å²) in [5.74, 6) is -1.45. The van der Waals surface area contributed by atoms with Crippen molar-refractivity contribution in [2.75, 3.05) is 41.0 Å². The molecule has 0 aromatic rings. The molecule has 8 nitrogen and oxygen atoms in total. The van der Waals surface area contributed by atoms with Crippen molar-refractivity contribution in [3.8, 4) is 0 Å². The van der Waals surface area contributed by atoms with Crippen molar-refractivity contribution in [2.45, 2.75) is 251 Å². The molecule has 60 heavy (non-hydrogen) atoms. The number of rotatable bonds is 46. The summed E-state index contributed by atoms with van der Waals surface area (Å²) in [5.41, 5.74) is 0. The average molecular weight is 849 g/mol. The Bertz CT molecular complexity index is 1040. The van der Waals surface area contributed by atoms with Gasteiger partial charge in [0.1, 0.15) is 6.61 Å². The Morgan fingerprint density at radius 3 is 1.32 bits per heavy atom. The van der Waals surface area contributed by atoms with Gasteiger partial charge in [0.2, 0.25) is 0 Å². The van der Waals surface area contributed by atoms with Crippen LogP contribution in [0.5, 0.6) is 0 Å². The molecule has 0 spiro atoms. The highest BCUT2D eigenvalue weighted by molar-refractivity contribution is 5.72. The number of unbranched alkanes of at least 4 members (excludes halogenated alkanes) is 28. The first kappa shape index (κ1) is 57.8. The lowest BCUT2D eigenvalue weighted by Gasteiger charge is -2.31. The van der Waals surface area contributed by atoms with Crippen LogP contribution in [-0.4, -0.2) is 80.6 Å². The fourth-order valence-electron chi connectivity index (χ4n) is 7.65. The molecule has 0 radical (unpaired) electrons. The summed E-state index contributed by atoms with van der Waals surface area (Å²) in [5, 5.41) is 9.65. The highest BCUT2D eigenvalue weighted by Crippen LogP contribution is 2.16. The van der Waals surface area contributed by atoms with Crippen molar-refractivity contribution in [1.82, 2.24) is 0 Å². The number of carbonyl (C=O) groups is 3. The lowest BCUT2D eigenvalue weighted by atomic mass is 10.0. The molecule has 352 valence electrons. The molecule has 0 fully saturated rings. The maximum Gasteiger partial charge on any atom is 0.362 e. The van der Waals surface area contributed by atoms with Crippen LogP contribution in [0.2, 0.25) is 0 Å². The lowest BCUT2D eigenvalue weighted by Crippen LogP contribution is -2.50. The van der Waals surface area contributed by atoms with E-state index in [1.807, 2.05) is 21.1 Å². The Morgan fingerprint density at radius 2 is 0.883 bits per heavy atom. The van der Waals surface area contributed by atoms with E-state index in [4.69, 9.17) is 14.2 Å². The molecule has 2 atom stereocenters. The molecule has 0 amide bonds. The molecular weight excluding hydrogens is 751 g/mol. The van der Waals surface area contributed by atoms with E-state index in [0.29, 0.717) is 19.3 Å². The first-order chi connectivity index (χ1) is 29.1. The van der Waals surface area contributed by atoms with Gasteiger partial charge in [0.05, 0.1) is 34.4 Å². The Labute approximate surface area is 371 Å². The van der Waals surface area contributed by atoms with Gasteiger partial charge in [-0.15, -0.1) is 0 Å². The van der Waals surface area contributed by atoms with E-state index in [2.05, 4.69) is 38.2 Å². The summed E-state index contributed by atoms with van der Waals surface area (Å²) < 4.78 is 17.4. The number of esters is 2. The summed E-state index contributed by atoms with van der Waals surface area (Å²) in [4.78, 5) is 37.1. The van der Waals surface area contributed by atoms with Crippen LogP contribution in [0.1, 0.15) is 239 Å². The summed E-state index contributed by atoms with van der Waals surface area (Å²) in [6.45, 7) is 4.75. The highest BCUT2D eigenvalue weighted by atomic mass is 16.6. The predicted molar refractivity (Wildman–Crippen MR) is 252 cm³/mol. The van der Waals surface area contributed by atoms with E-state index in [0.717, 1.165) is 44.9 Å². The van der Waals surface area contributed by atoms with Crippen LogP contribution in [0.3, 0.4) is 0 Å². The van der Waals surface area contributed by atoms with Crippen molar-refractivity contribution in [3.63, 3.8) is 0 Å². The SMILES string of the molecule is CCCCC/C=C\C/C=C\CCCCCCCCCCCC(=O)OC(COCCC(C(=O)O)[N+](C)(C)C)COC(=O)CCCCCCCCCCCCCCCCCCC. The zero-order valence-corrected chi connectivity index (χ0v) is 40.2. The number of carboxylic acid groups (broad SMARTS) is 1. The first-order valence-corrected chi connectivity index (χ1v) is 25.4. The number of hydrogen-bond donors (Lipinski definition) is 1. The summed E-state index contributed by atoms with van der Waals surface area (Å²) in [6, 6.07) is -0.613. The molecule has 0 aliphatic rings. The number of quaternary nitrogens is 1. The lowest BCUT2D eigenvalue weighted by molar-refractivity contribution is -0.887. The van der Waals surface area contributed by atoms with E-state index in [9.17, 15) is 19.5 Å². The quantitative estimate of drug-likeness (QED) is 0.0282. The van der Waals surface area contributed by atoms with Crippen LogP contribution in [0.25, 0.3) is 0 Å². The molecule has 8 heteroatoms. The second-order valence-electron chi connectivity index (χ2n) is 18.4. The molecule has 0 aromatic carbocycles. The van der Waals surface area contributed by atoms with Gasteiger partial charge in [0.25, 0.3) is 0 Å². The van der Waals surface area contributed by atoms with Crippen molar-refractivity contribution >= 4 is 17.9 Å². The number of aliphatic carboxylic acids is 1. The topological polar surface area (TPSA) is 99.1 Å². The van der Waals surface area contributed by atoms with Crippen molar-refractivity contribution in [1.29, 1.82) is 0 Å². The smallest absolute Gasteiger partial charge is 0.362 e. The third-order valence-corrected chi connectivity index (χ3v) is 11.6. The minimum absolute atomic E-state index is 0.0476. The van der Waals surface area contributed by atoms with Gasteiger partial charge < -0.3 is 23.8 Å². The monoisotopic (exact) mass is 849 g/mol. The normalized spacial score (nSPS) is 13.0. The van der Waals surface area contributed by atoms with Crippen LogP contribution < -0.4 is 0 Å². The Balaban J connectivity index is 4.24. The highest BCUT2D eigenvalue weighted by Gasteiger charge is 2.31. The minimum Gasteiger partial charge on any atom is -0.477 e. The largest absolute Gasteiger partial charge is 0.477 e. The van der Waals surface area contributed by atoms with E-state index < -0.39 is 18.1 Å². The Morgan fingerprint density at radius 1 is 0.500 bits per heavy atom. The molecule has 1 N–H and O–H groups in total. The van der Waals surface area contributed by atoms with Crippen LogP contribution in [-0.2, 0) is 28.6 Å². The molecule has 0 aliphatic heterocycles. The number of carbonyl (C=O) groups excluding carboxylic acids is 2. The Hall–Kier alpha value is -2.19. The number of carboxylic acids is 1. The number of hydrogen-bond acceptors (Lipinski definition) is 6. The fourth-order valence-corrected chi connectivity index (χ4v) is 7.65. The van der Waals surface area contributed by atoms with Gasteiger partial charge in [-0.25, -0.2) is 4.79 Å². The van der Waals surface area contributed by atoms with Gasteiger partial charge in [0.15, 0.2) is 12.1 Å².